The van der Waals surface area contributed by atoms with Crippen molar-refractivity contribution in [3.63, 3.8) is 0 Å². The quantitative estimate of drug-likeness (QED) is 0.671. The standard InChI is InChI=1S/C10H11N5O3S/c1-5-8(9(16)17)19-7(14-5)4-11-10(18)15-6-2-12-13-3-6/h2-3H,4H2,1H3,(H,12,13)(H,16,17)(H2,11,15,18). The number of thiazole rings is 1. The average Bonchev–Trinajstić information content (AvgIpc) is 2.96. The predicted octanol–water partition coefficient (Wildman–Crippen LogP) is 1.19. The molecule has 100 valence electrons. The van der Waals surface area contributed by atoms with E-state index in [-0.39, 0.29) is 11.4 Å². The molecule has 19 heavy (non-hydrogen) atoms. The number of amides is 2. The van der Waals surface area contributed by atoms with Gasteiger partial charge in [-0.2, -0.15) is 5.10 Å². The number of hydrogen-bond donors (Lipinski definition) is 4. The number of carboxylic acids is 1. The summed E-state index contributed by atoms with van der Waals surface area (Å²) in [5.74, 6) is -1.01. The van der Waals surface area contributed by atoms with E-state index in [4.69, 9.17) is 5.11 Å². The lowest BCUT2D eigenvalue weighted by atomic mass is 10.4. The van der Waals surface area contributed by atoms with E-state index >= 15 is 0 Å². The lowest BCUT2D eigenvalue weighted by molar-refractivity contribution is 0.0701. The van der Waals surface area contributed by atoms with Gasteiger partial charge in [0.1, 0.15) is 9.88 Å². The molecular formula is C10H11N5O3S. The minimum absolute atomic E-state index is 0.169. The van der Waals surface area contributed by atoms with Gasteiger partial charge in [0, 0.05) is 6.20 Å². The van der Waals surface area contributed by atoms with Crippen LogP contribution in [0, 0.1) is 6.92 Å². The molecule has 8 nitrogen and oxygen atoms in total. The molecule has 2 aromatic heterocycles. The number of rotatable bonds is 4. The van der Waals surface area contributed by atoms with E-state index in [1.807, 2.05) is 0 Å². The maximum absolute atomic E-state index is 11.5. The number of H-pyrrole nitrogens is 1. The Morgan fingerprint density at radius 3 is 2.89 bits per heavy atom. The summed E-state index contributed by atoms with van der Waals surface area (Å²) in [5.41, 5.74) is 0.989. The number of carboxylic acid groups (broad SMARTS) is 1. The molecule has 0 saturated heterocycles. The van der Waals surface area contributed by atoms with Gasteiger partial charge in [-0.25, -0.2) is 14.6 Å². The molecule has 9 heteroatoms. The monoisotopic (exact) mass is 281 g/mol. The molecule has 0 saturated carbocycles. The second kappa shape index (κ2) is 5.48. The van der Waals surface area contributed by atoms with Gasteiger partial charge >= 0.3 is 12.0 Å². The maximum Gasteiger partial charge on any atom is 0.347 e. The molecule has 2 rings (SSSR count). The summed E-state index contributed by atoms with van der Waals surface area (Å²) < 4.78 is 0. The van der Waals surface area contributed by atoms with Crippen LogP contribution < -0.4 is 10.6 Å². The first kappa shape index (κ1) is 13.0. The van der Waals surface area contributed by atoms with E-state index in [0.717, 1.165) is 11.3 Å². The molecule has 0 aliphatic rings. The third-order valence-corrected chi connectivity index (χ3v) is 3.34. The molecule has 2 amide bonds. The van der Waals surface area contributed by atoms with Gasteiger partial charge in [0.25, 0.3) is 0 Å². The number of anilines is 1. The zero-order valence-electron chi connectivity index (χ0n) is 9.93. The number of nitrogens with zero attached hydrogens (tertiary/aromatic N) is 2. The van der Waals surface area contributed by atoms with Crippen LogP contribution in [0.1, 0.15) is 20.4 Å². The van der Waals surface area contributed by atoms with E-state index in [9.17, 15) is 9.59 Å². The lowest BCUT2D eigenvalue weighted by Gasteiger charge is -2.03. The molecule has 0 unspecified atom stereocenters. The van der Waals surface area contributed by atoms with Crippen LogP contribution in [0.25, 0.3) is 0 Å². The molecule has 0 fully saturated rings. The third-order valence-electron chi connectivity index (χ3n) is 2.19. The molecular weight excluding hydrogens is 270 g/mol. The fraction of sp³-hybridized carbons (Fsp3) is 0.200. The number of carbonyl (C=O) groups excluding carboxylic acids is 1. The molecule has 0 bridgehead atoms. The molecule has 0 radical (unpaired) electrons. The number of aromatic nitrogens is 3. The van der Waals surface area contributed by atoms with Gasteiger partial charge in [-0.05, 0) is 6.92 Å². The number of aryl methyl sites for hydroxylation is 1. The number of carbonyl (C=O) groups is 2. The lowest BCUT2D eigenvalue weighted by Crippen LogP contribution is -2.27. The van der Waals surface area contributed by atoms with E-state index in [1.165, 1.54) is 12.4 Å². The van der Waals surface area contributed by atoms with Gasteiger partial charge in [0.15, 0.2) is 0 Å². The van der Waals surface area contributed by atoms with Gasteiger partial charge in [-0.1, -0.05) is 0 Å². The Balaban J connectivity index is 1.90. The van der Waals surface area contributed by atoms with Crippen molar-refractivity contribution in [2.45, 2.75) is 13.5 Å². The van der Waals surface area contributed by atoms with E-state index in [1.54, 1.807) is 6.92 Å². The molecule has 2 heterocycles. The van der Waals surface area contributed by atoms with Gasteiger partial charge in [0.05, 0.1) is 24.1 Å². The highest BCUT2D eigenvalue weighted by Crippen LogP contribution is 2.17. The Labute approximate surface area is 111 Å². The van der Waals surface area contributed by atoms with E-state index in [0.29, 0.717) is 16.4 Å². The van der Waals surface area contributed by atoms with Crippen molar-refractivity contribution in [1.82, 2.24) is 20.5 Å². The largest absolute Gasteiger partial charge is 0.477 e. The summed E-state index contributed by atoms with van der Waals surface area (Å²) in [6.45, 7) is 1.79. The smallest absolute Gasteiger partial charge is 0.347 e. The minimum atomic E-state index is -1.01. The summed E-state index contributed by atoms with van der Waals surface area (Å²) in [7, 11) is 0. The van der Waals surface area contributed by atoms with Gasteiger partial charge in [-0.3, -0.25) is 5.10 Å². The number of aromatic amines is 1. The van der Waals surface area contributed by atoms with Crippen LogP contribution in [0.3, 0.4) is 0 Å². The molecule has 0 aromatic carbocycles. The zero-order valence-corrected chi connectivity index (χ0v) is 10.7. The number of nitrogens with one attached hydrogen (secondary N) is 3. The van der Waals surface area contributed by atoms with Crippen molar-refractivity contribution in [2.75, 3.05) is 5.32 Å². The van der Waals surface area contributed by atoms with Crippen LogP contribution >= 0.6 is 11.3 Å². The first-order valence-electron chi connectivity index (χ1n) is 5.29. The highest BCUT2D eigenvalue weighted by molar-refractivity contribution is 7.13. The molecule has 0 aliphatic heterocycles. The molecule has 4 N–H and O–H groups in total. The summed E-state index contributed by atoms with van der Waals surface area (Å²) in [6, 6.07) is -0.411. The first-order valence-corrected chi connectivity index (χ1v) is 6.11. The Morgan fingerprint density at radius 2 is 2.32 bits per heavy atom. The molecule has 0 atom stereocenters. The minimum Gasteiger partial charge on any atom is -0.477 e. The topological polar surface area (TPSA) is 120 Å². The van der Waals surface area contributed by atoms with E-state index < -0.39 is 12.0 Å². The first-order chi connectivity index (χ1) is 9.06. The predicted molar refractivity (Wildman–Crippen MR) is 68.3 cm³/mol. The molecule has 2 aromatic rings. The average molecular weight is 281 g/mol. The molecule has 0 spiro atoms. The second-order valence-electron chi connectivity index (χ2n) is 3.62. The Bertz CT molecular complexity index is 592. The van der Waals surface area contributed by atoms with Crippen molar-refractivity contribution in [3.05, 3.63) is 28.0 Å². The fourth-order valence-electron chi connectivity index (χ4n) is 1.38. The van der Waals surface area contributed by atoms with Crippen LogP contribution in [0.15, 0.2) is 12.4 Å². The Morgan fingerprint density at radius 1 is 1.53 bits per heavy atom. The van der Waals surface area contributed by atoms with E-state index in [2.05, 4.69) is 25.8 Å². The summed E-state index contributed by atoms with van der Waals surface area (Å²) in [5, 5.41) is 20.8. The highest BCUT2D eigenvalue weighted by atomic mass is 32.1. The van der Waals surface area contributed by atoms with Crippen molar-refractivity contribution < 1.29 is 14.7 Å². The Kier molecular flexibility index (Phi) is 3.76. The van der Waals surface area contributed by atoms with Crippen LogP contribution in [-0.4, -0.2) is 32.3 Å². The van der Waals surface area contributed by atoms with Gasteiger partial charge in [-0.15, -0.1) is 11.3 Å². The highest BCUT2D eigenvalue weighted by Gasteiger charge is 2.14. The maximum atomic E-state index is 11.5. The number of urea groups is 1. The SMILES string of the molecule is Cc1nc(CNC(=O)Nc2cn[nH]c2)sc1C(=O)O. The fourth-order valence-corrected chi connectivity index (χ4v) is 2.22. The van der Waals surface area contributed by atoms with Crippen LogP contribution in [-0.2, 0) is 6.54 Å². The van der Waals surface area contributed by atoms with Crippen LogP contribution in [0.4, 0.5) is 10.5 Å². The normalized spacial score (nSPS) is 10.2. The third kappa shape index (κ3) is 3.28. The van der Waals surface area contributed by atoms with Crippen molar-refractivity contribution in [1.29, 1.82) is 0 Å². The van der Waals surface area contributed by atoms with Gasteiger partial charge < -0.3 is 15.7 Å². The van der Waals surface area contributed by atoms with Crippen molar-refractivity contribution >= 4 is 29.0 Å². The van der Waals surface area contributed by atoms with Crippen molar-refractivity contribution in [2.24, 2.45) is 0 Å². The summed E-state index contributed by atoms with van der Waals surface area (Å²) in [4.78, 5) is 26.6. The number of hydrogen-bond acceptors (Lipinski definition) is 5. The van der Waals surface area contributed by atoms with Gasteiger partial charge in [0.2, 0.25) is 0 Å². The summed E-state index contributed by atoms with van der Waals surface area (Å²) in [6.07, 6.45) is 3.01. The van der Waals surface area contributed by atoms with Crippen LogP contribution in [0.2, 0.25) is 0 Å². The summed E-state index contributed by atoms with van der Waals surface area (Å²) >= 11 is 1.05. The Hall–Kier alpha value is -2.42. The number of aromatic carboxylic acids is 1. The second-order valence-corrected chi connectivity index (χ2v) is 4.71. The van der Waals surface area contributed by atoms with Crippen molar-refractivity contribution in [3.8, 4) is 0 Å². The molecule has 0 aliphatic carbocycles. The zero-order chi connectivity index (χ0) is 13.8. The van der Waals surface area contributed by atoms with Crippen LogP contribution in [0.5, 0.6) is 0 Å².